The lowest BCUT2D eigenvalue weighted by Gasteiger charge is -2.22. The number of alkyl halides is 1. The quantitative estimate of drug-likeness (QED) is 0.313. The Morgan fingerprint density at radius 2 is 1.86 bits per heavy atom. The zero-order valence-corrected chi connectivity index (χ0v) is 14.7. The maximum atomic E-state index is 6.96. The van der Waals surface area contributed by atoms with Crippen molar-refractivity contribution in [2.45, 2.75) is 39.0 Å². The third kappa shape index (κ3) is 5.04. The van der Waals surface area contributed by atoms with E-state index in [9.17, 15) is 0 Å². The molecule has 2 atom stereocenters. The number of rotatable bonds is 0. The molecule has 0 amide bonds. The van der Waals surface area contributed by atoms with Crippen molar-refractivity contribution in [2.24, 2.45) is 11.8 Å². The number of nitrogens with zero attached hydrogens (tertiary/aromatic N) is 1. The molecule has 2 unspecified atom stereocenters. The van der Waals surface area contributed by atoms with Gasteiger partial charge in [0.1, 0.15) is 0 Å². The van der Waals surface area contributed by atoms with Crippen LogP contribution in [0.2, 0.25) is 0 Å². The molecule has 2 aliphatic carbocycles. The van der Waals surface area contributed by atoms with Gasteiger partial charge in [-0.1, -0.05) is 51.5 Å². The van der Waals surface area contributed by atoms with Crippen LogP contribution in [0.3, 0.4) is 0 Å². The van der Waals surface area contributed by atoms with E-state index in [4.69, 9.17) is 6.57 Å². The predicted molar refractivity (Wildman–Crippen MR) is 96.5 cm³/mol. The summed E-state index contributed by atoms with van der Waals surface area (Å²) >= 11 is 3.23. The Morgan fingerprint density at radius 3 is 2.41 bits per heavy atom. The summed E-state index contributed by atoms with van der Waals surface area (Å²) in [4.78, 5) is 3.54. The number of fused-ring (bicyclic) bond motifs is 2. The highest BCUT2D eigenvalue weighted by Gasteiger charge is 2.31. The first-order valence-electron chi connectivity index (χ1n) is 7.89. The first-order valence-corrected chi connectivity index (χ1v) is 9.01. The van der Waals surface area contributed by atoms with Gasteiger partial charge in [-0.15, -0.1) is 0 Å². The van der Waals surface area contributed by atoms with Crippen LogP contribution in [0.1, 0.15) is 44.6 Å². The molecule has 0 aromatic heterocycles. The van der Waals surface area contributed by atoms with Crippen molar-refractivity contribution in [3.63, 3.8) is 0 Å². The van der Waals surface area contributed by atoms with Gasteiger partial charge in [0, 0.05) is 5.56 Å². The second-order valence-corrected chi connectivity index (χ2v) is 6.62. The van der Waals surface area contributed by atoms with Crippen molar-refractivity contribution in [3.8, 4) is 11.8 Å². The Balaban J connectivity index is 0.000000164. The van der Waals surface area contributed by atoms with Crippen LogP contribution in [0, 0.1) is 30.2 Å². The van der Waals surface area contributed by atoms with E-state index in [1.807, 2.05) is 37.3 Å². The minimum atomic E-state index is 0.738. The standard InChI is InChI=1S/C11H15N.C9H7Br/c1-8(12-2)11-6-9-3-4-10(5-9)7-11;10-8-4-7-9-5-2-1-3-6-9/h9-10H,3-7H2,1H3;1-3,5-6H,8H2. The molecule has 22 heavy (non-hydrogen) atoms. The summed E-state index contributed by atoms with van der Waals surface area (Å²) in [5.74, 6) is 7.78. The third-order valence-corrected chi connectivity index (χ3v) is 4.75. The summed E-state index contributed by atoms with van der Waals surface area (Å²) in [7, 11) is 0. The fourth-order valence-corrected chi connectivity index (χ4v) is 3.50. The van der Waals surface area contributed by atoms with E-state index >= 15 is 0 Å². The molecule has 2 saturated carbocycles. The Labute approximate surface area is 142 Å². The van der Waals surface area contributed by atoms with Crippen molar-refractivity contribution >= 4 is 15.9 Å². The van der Waals surface area contributed by atoms with Crippen LogP contribution in [0.5, 0.6) is 0 Å². The van der Waals surface area contributed by atoms with Gasteiger partial charge in [0.25, 0.3) is 0 Å². The fourth-order valence-electron chi connectivity index (χ4n) is 3.36. The molecular formula is C20H22BrN. The summed E-state index contributed by atoms with van der Waals surface area (Å²) in [6.45, 7) is 8.94. The van der Waals surface area contributed by atoms with Crippen molar-refractivity contribution in [1.29, 1.82) is 0 Å². The van der Waals surface area contributed by atoms with Crippen molar-refractivity contribution in [3.05, 3.63) is 58.6 Å². The van der Waals surface area contributed by atoms with Gasteiger partial charge in [0.15, 0.2) is 5.70 Å². The molecule has 0 N–H and O–H groups in total. The fraction of sp³-hybridized carbons (Fsp3) is 0.450. The van der Waals surface area contributed by atoms with E-state index in [0.29, 0.717) is 0 Å². The Kier molecular flexibility index (Phi) is 6.75. The molecule has 114 valence electrons. The summed E-state index contributed by atoms with van der Waals surface area (Å²) in [6, 6.07) is 9.95. The molecule has 1 aromatic carbocycles. The van der Waals surface area contributed by atoms with Gasteiger partial charge in [-0.05, 0) is 63.0 Å². The number of hydrogen-bond acceptors (Lipinski definition) is 0. The van der Waals surface area contributed by atoms with E-state index in [0.717, 1.165) is 28.4 Å². The Bertz CT molecular complexity index is 599. The van der Waals surface area contributed by atoms with Crippen LogP contribution in [0.15, 0.2) is 41.6 Å². The van der Waals surface area contributed by atoms with Crippen molar-refractivity contribution < 1.29 is 0 Å². The summed E-state index contributed by atoms with van der Waals surface area (Å²) in [5, 5.41) is 0.738. The zero-order chi connectivity index (χ0) is 15.8. The van der Waals surface area contributed by atoms with Gasteiger partial charge in [-0.3, -0.25) is 0 Å². The molecular weight excluding hydrogens is 334 g/mol. The average Bonchev–Trinajstić information content (AvgIpc) is 2.91. The number of allylic oxidation sites excluding steroid dienone is 2. The van der Waals surface area contributed by atoms with Crippen molar-refractivity contribution in [2.75, 3.05) is 5.33 Å². The normalized spacial score (nSPS) is 21.8. The van der Waals surface area contributed by atoms with Crippen LogP contribution in [0.25, 0.3) is 4.85 Å². The van der Waals surface area contributed by atoms with E-state index in [1.165, 1.54) is 37.7 Å². The molecule has 2 bridgehead atoms. The molecule has 0 heterocycles. The molecule has 0 aliphatic heterocycles. The van der Waals surface area contributed by atoms with Crippen LogP contribution in [0.4, 0.5) is 0 Å². The molecule has 2 heteroatoms. The highest BCUT2D eigenvalue weighted by molar-refractivity contribution is 9.09. The van der Waals surface area contributed by atoms with Gasteiger partial charge in [-0.25, -0.2) is 4.85 Å². The Morgan fingerprint density at radius 1 is 1.23 bits per heavy atom. The first kappa shape index (κ1) is 16.9. The molecule has 0 spiro atoms. The second kappa shape index (κ2) is 8.82. The van der Waals surface area contributed by atoms with Gasteiger partial charge in [0.05, 0.1) is 11.9 Å². The number of halogens is 1. The Hall–Kier alpha value is -1.51. The smallest absolute Gasteiger partial charge is 0.161 e. The van der Waals surface area contributed by atoms with Crippen LogP contribution in [-0.4, -0.2) is 5.33 Å². The van der Waals surface area contributed by atoms with E-state index in [2.05, 4.69) is 32.6 Å². The van der Waals surface area contributed by atoms with E-state index in [-0.39, 0.29) is 0 Å². The lowest BCUT2D eigenvalue weighted by Crippen LogP contribution is -2.08. The summed E-state index contributed by atoms with van der Waals surface area (Å²) in [6.07, 6.45) is 6.73. The largest absolute Gasteiger partial charge is 0.243 e. The lowest BCUT2D eigenvalue weighted by atomic mass is 9.84. The number of benzene rings is 1. The van der Waals surface area contributed by atoms with Gasteiger partial charge >= 0.3 is 0 Å². The minimum absolute atomic E-state index is 0.738. The number of hydrogen-bond donors (Lipinski definition) is 0. The van der Waals surface area contributed by atoms with E-state index < -0.39 is 0 Å². The molecule has 1 aromatic rings. The van der Waals surface area contributed by atoms with Gasteiger partial charge in [0.2, 0.25) is 0 Å². The van der Waals surface area contributed by atoms with Gasteiger partial charge in [-0.2, -0.15) is 0 Å². The highest BCUT2D eigenvalue weighted by atomic mass is 79.9. The maximum Gasteiger partial charge on any atom is 0.161 e. The minimum Gasteiger partial charge on any atom is -0.243 e. The van der Waals surface area contributed by atoms with Crippen LogP contribution in [-0.2, 0) is 0 Å². The monoisotopic (exact) mass is 355 g/mol. The van der Waals surface area contributed by atoms with Gasteiger partial charge < -0.3 is 0 Å². The van der Waals surface area contributed by atoms with Crippen LogP contribution >= 0.6 is 15.9 Å². The third-order valence-electron chi connectivity index (χ3n) is 4.47. The molecule has 2 aliphatic rings. The second-order valence-electron chi connectivity index (χ2n) is 6.06. The molecule has 0 saturated heterocycles. The predicted octanol–water partition coefficient (Wildman–Crippen LogP) is 5.82. The summed E-state index contributed by atoms with van der Waals surface area (Å²) in [5.41, 5.74) is 3.51. The first-order chi connectivity index (χ1) is 10.7. The van der Waals surface area contributed by atoms with Crippen molar-refractivity contribution in [1.82, 2.24) is 0 Å². The lowest BCUT2D eigenvalue weighted by molar-refractivity contribution is 0.424. The molecule has 1 nitrogen and oxygen atoms in total. The molecule has 3 rings (SSSR count). The summed E-state index contributed by atoms with van der Waals surface area (Å²) < 4.78 is 0. The van der Waals surface area contributed by atoms with Crippen LogP contribution < -0.4 is 0 Å². The topological polar surface area (TPSA) is 4.36 Å². The maximum absolute atomic E-state index is 6.96. The van der Waals surface area contributed by atoms with E-state index in [1.54, 1.807) is 0 Å². The molecule has 0 radical (unpaired) electrons. The SMILES string of the molecule is BrCC#Cc1ccccc1.[C-]#[N+]C(C)=C1CC2CCC(C1)C2. The highest BCUT2D eigenvalue weighted by Crippen LogP contribution is 2.45. The average molecular weight is 356 g/mol. The zero-order valence-electron chi connectivity index (χ0n) is 13.1. The molecule has 2 fully saturated rings.